The van der Waals surface area contributed by atoms with Crippen molar-refractivity contribution >= 4 is 78.2 Å². The third-order valence-corrected chi connectivity index (χ3v) is 10.9. The van der Waals surface area contributed by atoms with Crippen LogP contribution in [0.25, 0.3) is 37.8 Å². The number of rotatable bonds is 5. The maximum atomic E-state index is 7.06. The molecule has 0 saturated carbocycles. The molecule has 2 heterocycles. The van der Waals surface area contributed by atoms with E-state index in [1.807, 2.05) is 23.1 Å². The Balaban J connectivity index is 1.19. The van der Waals surface area contributed by atoms with Crippen molar-refractivity contribution in [1.29, 1.82) is 0 Å². The zero-order valence-electron chi connectivity index (χ0n) is 23.4. The summed E-state index contributed by atoms with van der Waals surface area (Å²) < 4.78 is 3.74. The molecule has 2 aliphatic rings. The summed E-state index contributed by atoms with van der Waals surface area (Å²) in [4.78, 5) is 3.74. The fourth-order valence-electron chi connectivity index (χ4n) is 6.03. The van der Waals surface area contributed by atoms with Gasteiger partial charge in [-0.05, 0) is 90.1 Å². The standard InChI is InChI=1S/C36H32ClN2S2/c1-3-38-30-20-26-10-5-7-12-28(26)22-32(30)40-34(38)18-16-24-14-9-15-25(36(24)37)17-19-35-39(4-2)31-21-27-11-6-8-13-29(27)23-33(31)41-35/h5-8,10-13,16-23H,3-4,9,14-15H2,1-2H3/q+1. The molecule has 0 amide bonds. The summed E-state index contributed by atoms with van der Waals surface area (Å²) in [6.45, 7) is 6.32. The molecule has 0 saturated heterocycles. The summed E-state index contributed by atoms with van der Waals surface area (Å²) in [5.41, 5.74) is 5.06. The summed E-state index contributed by atoms with van der Waals surface area (Å²) in [5, 5.41) is 8.60. The van der Waals surface area contributed by atoms with Gasteiger partial charge in [-0.2, -0.15) is 4.57 Å². The Morgan fingerprint density at radius 2 is 1.56 bits per heavy atom. The second kappa shape index (κ2) is 11.2. The molecule has 5 heteroatoms. The van der Waals surface area contributed by atoms with E-state index in [4.69, 9.17) is 11.6 Å². The van der Waals surface area contributed by atoms with Gasteiger partial charge in [0.15, 0.2) is 0 Å². The number of halogens is 1. The molecule has 1 aliphatic carbocycles. The molecule has 7 rings (SSSR count). The Morgan fingerprint density at radius 3 is 2.29 bits per heavy atom. The monoisotopic (exact) mass is 591 g/mol. The molecule has 0 N–H and O–H groups in total. The van der Waals surface area contributed by atoms with Gasteiger partial charge in [-0.3, -0.25) is 0 Å². The fourth-order valence-corrected chi connectivity index (χ4v) is 8.66. The van der Waals surface area contributed by atoms with E-state index in [-0.39, 0.29) is 0 Å². The second-order valence-corrected chi connectivity index (χ2v) is 13.1. The lowest BCUT2D eigenvalue weighted by Crippen LogP contribution is -2.33. The number of benzene rings is 4. The smallest absolute Gasteiger partial charge is 0.262 e. The van der Waals surface area contributed by atoms with Gasteiger partial charge in [0, 0.05) is 28.6 Å². The van der Waals surface area contributed by atoms with Gasteiger partial charge in [0.05, 0.1) is 10.7 Å². The molecule has 0 atom stereocenters. The van der Waals surface area contributed by atoms with Crippen molar-refractivity contribution in [3.05, 3.63) is 117 Å². The number of thiazole rings is 1. The summed E-state index contributed by atoms with van der Waals surface area (Å²) in [5.74, 6) is 0. The lowest BCUT2D eigenvalue weighted by atomic mass is 9.94. The summed E-state index contributed by atoms with van der Waals surface area (Å²) >= 11 is 10.8. The molecule has 5 aromatic rings. The Labute approximate surface area is 254 Å². The summed E-state index contributed by atoms with van der Waals surface area (Å²) in [7, 11) is 0. The van der Waals surface area contributed by atoms with Crippen LogP contribution in [-0.4, -0.2) is 6.54 Å². The predicted molar refractivity (Wildman–Crippen MR) is 180 cm³/mol. The highest BCUT2D eigenvalue weighted by molar-refractivity contribution is 8.03. The SMILES string of the molecule is CCN1C(=CC=C2CCCC(C=Cc3sc4cc5ccccc5cc4[n+]3CC)=C2Cl)Sc2cc3ccccc3cc21. The number of anilines is 1. The Morgan fingerprint density at radius 1 is 0.854 bits per heavy atom. The lowest BCUT2D eigenvalue weighted by molar-refractivity contribution is -0.665. The van der Waals surface area contributed by atoms with E-state index < -0.39 is 0 Å². The number of allylic oxidation sites excluding steroid dienone is 6. The highest BCUT2D eigenvalue weighted by Crippen LogP contribution is 2.47. The van der Waals surface area contributed by atoms with E-state index >= 15 is 0 Å². The van der Waals surface area contributed by atoms with Crippen LogP contribution >= 0.6 is 34.7 Å². The van der Waals surface area contributed by atoms with Gasteiger partial charge >= 0.3 is 0 Å². The first-order chi connectivity index (χ1) is 20.1. The van der Waals surface area contributed by atoms with E-state index in [0.29, 0.717) is 0 Å². The van der Waals surface area contributed by atoms with Crippen molar-refractivity contribution in [2.45, 2.75) is 44.6 Å². The average Bonchev–Trinajstić information content (AvgIpc) is 3.53. The predicted octanol–water partition coefficient (Wildman–Crippen LogP) is 10.6. The van der Waals surface area contributed by atoms with Crippen molar-refractivity contribution in [2.24, 2.45) is 0 Å². The number of aromatic nitrogens is 1. The maximum absolute atomic E-state index is 7.06. The minimum absolute atomic E-state index is 0.911. The van der Waals surface area contributed by atoms with Crippen molar-refractivity contribution in [3.8, 4) is 0 Å². The van der Waals surface area contributed by atoms with Crippen LogP contribution in [0.1, 0.15) is 38.1 Å². The van der Waals surface area contributed by atoms with E-state index in [9.17, 15) is 0 Å². The van der Waals surface area contributed by atoms with Crippen molar-refractivity contribution < 1.29 is 4.57 Å². The number of nitrogens with zero attached hydrogens (tertiary/aromatic N) is 2. The van der Waals surface area contributed by atoms with E-state index in [0.717, 1.165) is 37.4 Å². The Bertz CT molecular complexity index is 1940. The molecule has 0 radical (unpaired) electrons. The van der Waals surface area contributed by atoms with Crippen LogP contribution in [0.5, 0.6) is 0 Å². The van der Waals surface area contributed by atoms with E-state index in [1.54, 1.807) is 0 Å². The molecule has 4 aromatic carbocycles. The van der Waals surface area contributed by atoms with Crippen LogP contribution in [0.2, 0.25) is 0 Å². The minimum atomic E-state index is 0.911. The number of aryl methyl sites for hydroxylation is 1. The largest absolute Gasteiger partial charge is 0.335 e. The zero-order valence-corrected chi connectivity index (χ0v) is 25.8. The molecule has 0 bridgehead atoms. The minimum Gasteiger partial charge on any atom is -0.335 e. The van der Waals surface area contributed by atoms with Crippen LogP contribution in [0, 0.1) is 0 Å². The third kappa shape index (κ3) is 4.92. The molecule has 1 aromatic heterocycles. The number of hydrogen-bond donors (Lipinski definition) is 0. The first-order valence-electron chi connectivity index (χ1n) is 14.4. The van der Waals surface area contributed by atoms with E-state index in [2.05, 4.69) is 120 Å². The Kier molecular flexibility index (Phi) is 7.24. The van der Waals surface area contributed by atoms with Gasteiger partial charge < -0.3 is 4.90 Å². The van der Waals surface area contributed by atoms with Crippen LogP contribution in [-0.2, 0) is 6.54 Å². The van der Waals surface area contributed by atoms with Gasteiger partial charge in [-0.1, -0.05) is 95.4 Å². The molecular weight excluding hydrogens is 560 g/mol. The summed E-state index contributed by atoms with van der Waals surface area (Å²) in [6.07, 6.45) is 12.2. The number of fused-ring (bicyclic) bond motifs is 4. The molecule has 41 heavy (non-hydrogen) atoms. The van der Waals surface area contributed by atoms with Crippen LogP contribution in [0.4, 0.5) is 5.69 Å². The van der Waals surface area contributed by atoms with Crippen molar-refractivity contribution in [3.63, 3.8) is 0 Å². The molecule has 1 aliphatic heterocycles. The van der Waals surface area contributed by atoms with Crippen LogP contribution < -0.4 is 9.47 Å². The lowest BCUT2D eigenvalue weighted by Gasteiger charge is -2.19. The van der Waals surface area contributed by atoms with Gasteiger partial charge in [-0.15, -0.1) is 0 Å². The number of thioether (sulfide) groups is 1. The first kappa shape index (κ1) is 26.6. The third-order valence-electron chi connectivity index (χ3n) is 8.14. The Hall–Kier alpha value is -3.31. The molecular formula is C36H32ClN2S2+. The summed E-state index contributed by atoms with van der Waals surface area (Å²) in [6, 6.07) is 26.5. The van der Waals surface area contributed by atoms with Crippen molar-refractivity contribution in [2.75, 3.05) is 11.4 Å². The molecule has 2 nitrogen and oxygen atoms in total. The number of hydrogen-bond acceptors (Lipinski definition) is 3. The second-order valence-electron chi connectivity index (χ2n) is 10.6. The van der Waals surface area contributed by atoms with Crippen molar-refractivity contribution in [1.82, 2.24) is 0 Å². The first-order valence-corrected chi connectivity index (χ1v) is 16.5. The molecule has 0 fully saturated rings. The molecule has 0 unspecified atom stereocenters. The van der Waals surface area contributed by atoms with Crippen LogP contribution in [0.3, 0.4) is 0 Å². The highest BCUT2D eigenvalue weighted by atomic mass is 35.5. The molecule has 204 valence electrons. The zero-order chi connectivity index (χ0) is 27.9. The average molecular weight is 592 g/mol. The van der Waals surface area contributed by atoms with Gasteiger partial charge in [0.2, 0.25) is 5.52 Å². The maximum Gasteiger partial charge on any atom is 0.262 e. The molecule has 0 spiro atoms. The normalized spacial score (nSPS) is 17.8. The fraction of sp³-hybridized carbons (Fsp3) is 0.194. The van der Waals surface area contributed by atoms with Gasteiger partial charge in [0.1, 0.15) is 11.2 Å². The van der Waals surface area contributed by atoms with Crippen LogP contribution in [0.15, 0.2) is 117 Å². The highest BCUT2D eigenvalue weighted by Gasteiger charge is 2.24. The quantitative estimate of drug-likeness (QED) is 0.188. The van der Waals surface area contributed by atoms with Gasteiger partial charge in [0.25, 0.3) is 5.01 Å². The van der Waals surface area contributed by atoms with Gasteiger partial charge in [-0.25, -0.2) is 0 Å². The van der Waals surface area contributed by atoms with E-state index in [1.165, 1.54) is 63.5 Å². The topological polar surface area (TPSA) is 7.12 Å².